The molecule has 0 atom stereocenters. The van der Waals surface area contributed by atoms with Gasteiger partial charge in [-0.2, -0.15) is 0 Å². The molecule has 32 heavy (non-hydrogen) atoms. The molecule has 0 aliphatic heterocycles. The highest BCUT2D eigenvalue weighted by Crippen LogP contribution is 2.24. The van der Waals surface area contributed by atoms with Gasteiger partial charge in [0.05, 0.1) is 15.7 Å². The van der Waals surface area contributed by atoms with Crippen LogP contribution in [-0.4, -0.2) is 34.6 Å². The quantitative estimate of drug-likeness (QED) is 0.333. The number of aromatic nitrogens is 2. The second-order valence-electron chi connectivity index (χ2n) is 9.18. The van der Waals surface area contributed by atoms with Crippen LogP contribution in [0.4, 0.5) is 0 Å². The molecule has 0 aromatic carbocycles. The van der Waals surface area contributed by atoms with Gasteiger partial charge < -0.3 is 9.68 Å². The van der Waals surface area contributed by atoms with Crippen molar-refractivity contribution in [3.63, 3.8) is 0 Å². The number of hydrogen-bond donors (Lipinski definition) is 0. The first kappa shape index (κ1) is 24.5. The molecular weight excluding hydrogens is 447 g/mol. The van der Waals surface area contributed by atoms with Crippen LogP contribution in [-0.2, 0) is 16.1 Å². The molecule has 0 bridgehead atoms. The first-order chi connectivity index (χ1) is 15.2. The zero-order chi connectivity index (χ0) is 23.3. The fourth-order valence-corrected chi connectivity index (χ4v) is 3.80. The van der Waals surface area contributed by atoms with Gasteiger partial charge in [-0.1, -0.05) is 67.3 Å². The topological polar surface area (TPSA) is 69.0 Å². The summed E-state index contributed by atoms with van der Waals surface area (Å²) in [6, 6.07) is 5.83. The minimum absolute atomic E-state index is 0.0780. The van der Waals surface area contributed by atoms with Gasteiger partial charge >= 0.3 is 0 Å². The van der Waals surface area contributed by atoms with Crippen molar-refractivity contribution in [3.05, 3.63) is 57.1 Å². The van der Waals surface area contributed by atoms with Crippen molar-refractivity contribution >= 4 is 34.6 Å². The molecule has 2 heterocycles. The van der Waals surface area contributed by atoms with Crippen molar-refractivity contribution in [2.45, 2.75) is 53.9 Å². The predicted octanol–water partition coefficient (Wildman–Crippen LogP) is 6.25. The summed E-state index contributed by atoms with van der Waals surface area (Å²) in [5, 5.41) is 9.67. The molecule has 3 rings (SSSR count). The lowest BCUT2D eigenvalue weighted by Crippen LogP contribution is -2.25. The molecule has 8 heteroatoms. The summed E-state index contributed by atoms with van der Waals surface area (Å²) < 4.78 is 0. The van der Waals surface area contributed by atoms with E-state index in [2.05, 4.69) is 26.3 Å². The number of aryl methyl sites for hydroxylation is 2. The lowest BCUT2D eigenvalue weighted by atomic mass is 9.94. The minimum atomic E-state index is -0.301. The Bertz CT molecular complexity index is 1020. The molecule has 2 aromatic heterocycles. The molecule has 0 N–H and O–H groups in total. The number of pyridine rings is 2. The zero-order valence-electron chi connectivity index (χ0n) is 19.3. The molecule has 0 fully saturated rings. The van der Waals surface area contributed by atoms with E-state index < -0.39 is 0 Å². The fourth-order valence-electron chi connectivity index (χ4n) is 3.32. The van der Waals surface area contributed by atoms with Gasteiger partial charge in [0.1, 0.15) is 30.3 Å². The molecule has 1 aliphatic carbocycles. The summed E-state index contributed by atoms with van der Waals surface area (Å²) in [5.74, 6) is 0.0780. The van der Waals surface area contributed by atoms with Crippen molar-refractivity contribution < 1.29 is 9.68 Å². The van der Waals surface area contributed by atoms with E-state index in [1.54, 1.807) is 12.3 Å². The molecule has 6 nitrogen and oxygen atoms in total. The summed E-state index contributed by atoms with van der Waals surface area (Å²) in [6.07, 6.45) is 4.51. The van der Waals surface area contributed by atoms with E-state index in [-0.39, 0.29) is 11.3 Å². The standard InChI is InChI=1S/C24H30Cl2N4O2/c1-15(2)21(23-19(26)11-18(25)12-27-23)30-32-14-24(4,5)13-31-29-20-8-6-7-17-10-9-16(3)28-22(17)20/h9-12,15H,6-8,13-14H2,1-5H3/b29-20+,30-21+. The summed E-state index contributed by atoms with van der Waals surface area (Å²) in [6.45, 7) is 10.8. The van der Waals surface area contributed by atoms with Crippen LogP contribution in [0.2, 0.25) is 10.0 Å². The van der Waals surface area contributed by atoms with E-state index in [1.807, 2.05) is 40.7 Å². The summed E-state index contributed by atoms with van der Waals surface area (Å²) in [7, 11) is 0. The average molecular weight is 477 g/mol. The number of rotatable bonds is 8. The van der Waals surface area contributed by atoms with Gasteiger partial charge in [-0.25, -0.2) is 0 Å². The molecule has 0 unspecified atom stereocenters. The van der Waals surface area contributed by atoms with E-state index in [0.717, 1.165) is 36.4 Å². The Morgan fingerprint density at radius 2 is 1.91 bits per heavy atom. The van der Waals surface area contributed by atoms with Crippen molar-refractivity contribution in [2.24, 2.45) is 21.6 Å². The van der Waals surface area contributed by atoms with Crippen molar-refractivity contribution in [1.82, 2.24) is 9.97 Å². The summed E-state index contributed by atoms with van der Waals surface area (Å²) >= 11 is 12.3. The molecule has 1 aliphatic rings. The van der Waals surface area contributed by atoms with E-state index in [4.69, 9.17) is 32.9 Å². The van der Waals surface area contributed by atoms with Crippen LogP contribution in [0, 0.1) is 18.3 Å². The van der Waals surface area contributed by atoms with Gasteiger partial charge in [-0.05, 0) is 43.9 Å². The normalized spacial score (nSPS) is 15.8. The third kappa shape index (κ3) is 6.42. The highest BCUT2D eigenvalue weighted by molar-refractivity contribution is 6.36. The Labute approximate surface area is 200 Å². The lowest BCUT2D eigenvalue weighted by molar-refractivity contribution is -0.000437. The molecule has 0 amide bonds. The van der Waals surface area contributed by atoms with E-state index in [0.29, 0.717) is 34.7 Å². The number of nitrogens with zero attached hydrogens (tertiary/aromatic N) is 4. The van der Waals surface area contributed by atoms with Crippen molar-refractivity contribution in [1.29, 1.82) is 0 Å². The second kappa shape index (κ2) is 10.6. The molecule has 172 valence electrons. The number of oxime groups is 2. The maximum atomic E-state index is 6.30. The first-order valence-corrected chi connectivity index (χ1v) is 11.6. The Kier molecular flexibility index (Phi) is 8.12. The van der Waals surface area contributed by atoms with Gasteiger partial charge in [0, 0.05) is 23.2 Å². The fraction of sp³-hybridized carbons (Fsp3) is 0.500. The first-order valence-electron chi connectivity index (χ1n) is 10.8. The Morgan fingerprint density at radius 3 is 2.62 bits per heavy atom. The molecule has 0 saturated heterocycles. The highest BCUT2D eigenvalue weighted by Gasteiger charge is 2.23. The van der Waals surface area contributed by atoms with Crippen LogP contribution in [0.25, 0.3) is 0 Å². The maximum Gasteiger partial charge on any atom is 0.125 e. The average Bonchev–Trinajstić information content (AvgIpc) is 2.72. The summed E-state index contributed by atoms with van der Waals surface area (Å²) in [4.78, 5) is 20.4. The van der Waals surface area contributed by atoms with Crippen LogP contribution in [0.1, 0.15) is 63.2 Å². The van der Waals surface area contributed by atoms with Gasteiger partial charge in [0.15, 0.2) is 0 Å². The van der Waals surface area contributed by atoms with Gasteiger partial charge in [0.25, 0.3) is 0 Å². The van der Waals surface area contributed by atoms with Gasteiger partial charge in [0.2, 0.25) is 0 Å². The molecule has 0 saturated carbocycles. The Morgan fingerprint density at radius 1 is 1.16 bits per heavy atom. The predicted molar refractivity (Wildman–Crippen MR) is 130 cm³/mol. The largest absolute Gasteiger partial charge is 0.395 e. The lowest BCUT2D eigenvalue weighted by Gasteiger charge is -2.22. The minimum Gasteiger partial charge on any atom is -0.395 e. The SMILES string of the molecule is Cc1ccc2c(n1)/C(=N/OCC(C)(C)CO/N=C(/c1ncc(Cl)cc1Cl)C(C)C)CCC2. The van der Waals surface area contributed by atoms with Gasteiger partial charge in [-0.3, -0.25) is 9.97 Å². The molecular formula is C24H30Cl2N4O2. The van der Waals surface area contributed by atoms with Crippen molar-refractivity contribution in [2.75, 3.05) is 13.2 Å². The van der Waals surface area contributed by atoms with Gasteiger partial charge in [-0.15, -0.1) is 0 Å². The van der Waals surface area contributed by atoms with Crippen LogP contribution in [0.15, 0.2) is 34.7 Å². The zero-order valence-corrected chi connectivity index (χ0v) is 20.8. The summed E-state index contributed by atoms with van der Waals surface area (Å²) in [5.41, 5.74) is 5.04. The number of halogens is 2. The van der Waals surface area contributed by atoms with E-state index in [9.17, 15) is 0 Å². The molecule has 0 radical (unpaired) electrons. The highest BCUT2D eigenvalue weighted by atomic mass is 35.5. The molecule has 0 spiro atoms. The number of fused-ring (bicyclic) bond motifs is 1. The Balaban J connectivity index is 1.62. The van der Waals surface area contributed by atoms with E-state index in [1.165, 1.54) is 5.56 Å². The van der Waals surface area contributed by atoms with Crippen LogP contribution in [0.5, 0.6) is 0 Å². The van der Waals surface area contributed by atoms with Crippen molar-refractivity contribution in [3.8, 4) is 0 Å². The second-order valence-corrected chi connectivity index (χ2v) is 10.0. The third-order valence-corrected chi connectivity index (χ3v) is 5.59. The van der Waals surface area contributed by atoms with Crippen LogP contribution < -0.4 is 0 Å². The smallest absolute Gasteiger partial charge is 0.125 e. The third-order valence-electron chi connectivity index (χ3n) is 5.10. The van der Waals surface area contributed by atoms with Crippen LogP contribution >= 0.6 is 23.2 Å². The van der Waals surface area contributed by atoms with E-state index >= 15 is 0 Å². The Hall–Kier alpha value is -2.18. The van der Waals surface area contributed by atoms with Crippen LogP contribution in [0.3, 0.4) is 0 Å². The number of hydrogen-bond acceptors (Lipinski definition) is 6. The molecule has 2 aromatic rings. The maximum absolute atomic E-state index is 6.30. The monoisotopic (exact) mass is 476 g/mol.